The van der Waals surface area contributed by atoms with Crippen molar-refractivity contribution in [3.8, 4) is 39.1 Å². The van der Waals surface area contributed by atoms with E-state index in [0.717, 1.165) is 28.3 Å². The highest BCUT2D eigenvalue weighted by atomic mass is 15.1. The van der Waals surface area contributed by atoms with Crippen LogP contribution in [0.4, 0.5) is 17.1 Å². The van der Waals surface area contributed by atoms with Gasteiger partial charge in [0, 0.05) is 33.1 Å². The first-order chi connectivity index (χ1) is 32.7. The fraction of sp³-hybridized carbons (Fsp3) is 0. The molecule has 0 fully saturated rings. The molecule has 0 saturated carbocycles. The van der Waals surface area contributed by atoms with Gasteiger partial charge in [-0.3, -0.25) is 0 Å². The van der Waals surface area contributed by atoms with Crippen LogP contribution in [-0.2, 0) is 0 Å². The monoisotopic (exact) mass is 838 g/mol. The van der Waals surface area contributed by atoms with Crippen molar-refractivity contribution in [3.05, 3.63) is 255 Å². The maximum absolute atomic E-state index is 2.47. The summed E-state index contributed by atoms with van der Waals surface area (Å²) in [4.78, 5) is 2.47. The number of hydrogen-bond acceptors (Lipinski definition) is 1. The minimum atomic E-state index is 1.08. The van der Waals surface area contributed by atoms with Crippen LogP contribution in [0.3, 0.4) is 0 Å². The van der Waals surface area contributed by atoms with Crippen LogP contribution in [0, 0.1) is 0 Å². The highest BCUT2D eigenvalue weighted by molar-refractivity contribution is 6.14. The molecule has 2 nitrogen and oxygen atoms in total. The summed E-state index contributed by atoms with van der Waals surface area (Å²) in [5.74, 6) is 0. The van der Waals surface area contributed by atoms with Crippen molar-refractivity contribution >= 4 is 82.0 Å². The van der Waals surface area contributed by atoms with Gasteiger partial charge in [0.05, 0.1) is 22.4 Å². The molecule has 0 bridgehead atoms. The largest absolute Gasteiger partial charge is 0.309 e. The lowest BCUT2D eigenvalue weighted by Crippen LogP contribution is -2.12. The minimum absolute atomic E-state index is 1.08. The first kappa shape index (κ1) is 37.8. The van der Waals surface area contributed by atoms with Gasteiger partial charge < -0.3 is 9.47 Å². The van der Waals surface area contributed by atoms with Gasteiger partial charge in [-0.05, 0) is 120 Å². The maximum Gasteiger partial charge on any atom is 0.0547 e. The second-order valence-corrected chi connectivity index (χ2v) is 17.3. The Balaban J connectivity index is 0.980. The molecule has 308 valence electrons. The molecule has 0 N–H and O–H groups in total. The summed E-state index contributed by atoms with van der Waals surface area (Å²) < 4.78 is 2.42. The zero-order chi connectivity index (χ0) is 43.6. The molecule has 0 radical (unpaired) electrons. The quantitative estimate of drug-likeness (QED) is 0.155. The molecule has 13 aromatic rings. The van der Waals surface area contributed by atoms with E-state index >= 15 is 0 Å². The summed E-state index contributed by atoms with van der Waals surface area (Å²) >= 11 is 0. The van der Waals surface area contributed by atoms with E-state index in [1.54, 1.807) is 0 Å². The average molecular weight is 839 g/mol. The molecule has 12 aromatic carbocycles. The Labute approximate surface area is 383 Å². The first-order valence-electron chi connectivity index (χ1n) is 22.8. The molecule has 0 atom stereocenters. The molecule has 1 aromatic heterocycles. The Morgan fingerprint density at radius 3 is 1.53 bits per heavy atom. The second kappa shape index (κ2) is 15.5. The van der Waals surface area contributed by atoms with Crippen molar-refractivity contribution in [2.24, 2.45) is 0 Å². The number of nitrogens with zero attached hydrogens (tertiary/aromatic N) is 2. The standard InChI is InChI=1S/C64H42N2/c1-2-19-48-42-64-60(41-47(48)18-1)59-29-10-12-33-62(59)66(64)50-23-13-22-46(40-50)43-34-36-49(37-35-43)65(61-32-11-9-28-57(61)54-31-15-21-45-17-4-6-25-52(45)54)63-39-38-56(55-26-7-8-27-58(55)63)53-30-14-20-44-16-3-5-24-51(44)53/h1-42H. The number of hydrogen-bond donors (Lipinski definition) is 0. The van der Waals surface area contributed by atoms with Gasteiger partial charge in [0.2, 0.25) is 0 Å². The van der Waals surface area contributed by atoms with Gasteiger partial charge in [-0.15, -0.1) is 0 Å². The molecular weight excluding hydrogens is 797 g/mol. The SMILES string of the molecule is c1cc(-c2ccc(N(c3ccccc3-c3cccc4ccccc34)c3ccc(-c4cccc5ccccc45)c4ccccc34)cc2)cc(-n2c3ccccc3c3cc4ccccc4cc32)c1. The van der Waals surface area contributed by atoms with Crippen LogP contribution < -0.4 is 4.90 Å². The molecule has 0 aliphatic carbocycles. The third-order valence-corrected chi connectivity index (χ3v) is 13.5. The van der Waals surface area contributed by atoms with Gasteiger partial charge in [0.1, 0.15) is 0 Å². The molecule has 66 heavy (non-hydrogen) atoms. The molecular formula is C64H42N2. The fourth-order valence-electron chi connectivity index (χ4n) is 10.5. The second-order valence-electron chi connectivity index (χ2n) is 17.3. The van der Waals surface area contributed by atoms with Crippen LogP contribution in [0.1, 0.15) is 0 Å². The zero-order valence-electron chi connectivity index (χ0n) is 36.1. The summed E-state index contributed by atoms with van der Waals surface area (Å²) in [6, 6.07) is 93.4. The van der Waals surface area contributed by atoms with Gasteiger partial charge >= 0.3 is 0 Å². The van der Waals surface area contributed by atoms with E-state index in [1.165, 1.54) is 92.7 Å². The summed E-state index contributed by atoms with van der Waals surface area (Å²) in [5.41, 5.74) is 14.0. The minimum Gasteiger partial charge on any atom is -0.309 e. The number of para-hydroxylation sites is 2. The Kier molecular flexibility index (Phi) is 8.89. The fourth-order valence-corrected chi connectivity index (χ4v) is 10.5. The molecule has 1 heterocycles. The van der Waals surface area contributed by atoms with E-state index in [-0.39, 0.29) is 0 Å². The van der Waals surface area contributed by atoms with Crippen molar-refractivity contribution in [3.63, 3.8) is 0 Å². The molecule has 0 spiro atoms. The van der Waals surface area contributed by atoms with Crippen LogP contribution in [0.5, 0.6) is 0 Å². The topological polar surface area (TPSA) is 8.17 Å². The van der Waals surface area contributed by atoms with Crippen molar-refractivity contribution < 1.29 is 0 Å². The van der Waals surface area contributed by atoms with Crippen LogP contribution >= 0.6 is 0 Å². The molecule has 0 saturated heterocycles. The maximum atomic E-state index is 2.47. The van der Waals surface area contributed by atoms with Gasteiger partial charge in [-0.25, -0.2) is 0 Å². The smallest absolute Gasteiger partial charge is 0.0547 e. The zero-order valence-corrected chi connectivity index (χ0v) is 36.1. The van der Waals surface area contributed by atoms with Crippen LogP contribution in [0.15, 0.2) is 255 Å². The van der Waals surface area contributed by atoms with Crippen molar-refractivity contribution in [2.45, 2.75) is 0 Å². The van der Waals surface area contributed by atoms with E-state index < -0.39 is 0 Å². The van der Waals surface area contributed by atoms with Crippen LogP contribution in [0.25, 0.3) is 104 Å². The lowest BCUT2D eigenvalue weighted by molar-refractivity contribution is 1.18. The third-order valence-electron chi connectivity index (χ3n) is 13.5. The Hall–Kier alpha value is -8.72. The van der Waals surface area contributed by atoms with E-state index in [4.69, 9.17) is 0 Å². The number of benzene rings is 12. The normalized spacial score (nSPS) is 11.6. The summed E-state index contributed by atoms with van der Waals surface area (Å²) in [5, 5.41) is 12.4. The highest BCUT2D eigenvalue weighted by Gasteiger charge is 2.22. The van der Waals surface area contributed by atoms with Gasteiger partial charge in [0.25, 0.3) is 0 Å². The lowest BCUT2D eigenvalue weighted by Gasteiger charge is -2.30. The van der Waals surface area contributed by atoms with Crippen molar-refractivity contribution in [2.75, 3.05) is 4.90 Å². The molecule has 0 aliphatic heterocycles. The van der Waals surface area contributed by atoms with Crippen LogP contribution in [0.2, 0.25) is 0 Å². The van der Waals surface area contributed by atoms with Gasteiger partial charge in [0.15, 0.2) is 0 Å². The molecule has 0 aliphatic rings. The third kappa shape index (κ3) is 6.18. The Morgan fingerprint density at radius 2 is 0.788 bits per heavy atom. The summed E-state index contributed by atoms with van der Waals surface area (Å²) in [6.45, 7) is 0. The first-order valence-corrected chi connectivity index (χ1v) is 22.8. The molecule has 2 heteroatoms. The number of fused-ring (bicyclic) bond motifs is 7. The number of aromatic nitrogens is 1. The predicted octanol–water partition coefficient (Wildman–Crippen LogP) is 17.9. The molecule has 0 amide bonds. The Bertz CT molecular complexity index is 4000. The van der Waals surface area contributed by atoms with E-state index in [2.05, 4.69) is 264 Å². The number of anilines is 3. The summed E-state index contributed by atoms with van der Waals surface area (Å²) in [6.07, 6.45) is 0. The predicted molar refractivity (Wildman–Crippen MR) is 282 cm³/mol. The number of rotatable bonds is 7. The highest BCUT2D eigenvalue weighted by Crippen LogP contribution is 2.47. The Morgan fingerprint density at radius 1 is 0.258 bits per heavy atom. The van der Waals surface area contributed by atoms with Crippen LogP contribution in [-0.4, -0.2) is 4.57 Å². The lowest BCUT2D eigenvalue weighted by atomic mass is 9.92. The average Bonchev–Trinajstić information content (AvgIpc) is 3.71. The van der Waals surface area contributed by atoms with E-state index in [9.17, 15) is 0 Å². The molecule has 13 rings (SSSR count). The van der Waals surface area contributed by atoms with Crippen molar-refractivity contribution in [1.82, 2.24) is 4.57 Å². The molecule has 0 unspecified atom stereocenters. The summed E-state index contributed by atoms with van der Waals surface area (Å²) in [7, 11) is 0. The van der Waals surface area contributed by atoms with E-state index in [0.29, 0.717) is 0 Å². The van der Waals surface area contributed by atoms with Crippen molar-refractivity contribution in [1.29, 1.82) is 0 Å². The van der Waals surface area contributed by atoms with E-state index in [1.807, 2.05) is 0 Å². The van der Waals surface area contributed by atoms with Gasteiger partial charge in [-0.1, -0.05) is 200 Å². The van der Waals surface area contributed by atoms with Gasteiger partial charge in [-0.2, -0.15) is 0 Å².